The molecule has 5 N–H and O–H groups in total. The number of nitrogens with two attached hydrogens (primary N) is 2. The lowest BCUT2D eigenvalue weighted by Gasteiger charge is -2.11. The van der Waals surface area contributed by atoms with Gasteiger partial charge < -0.3 is 16.8 Å². The van der Waals surface area contributed by atoms with Crippen molar-refractivity contribution < 1.29 is 19.3 Å². The maximum atomic E-state index is 11.6. The Labute approximate surface area is 106 Å². The maximum Gasteiger partial charge on any atom is 0.269 e. The molecule has 0 aliphatic carbocycles. The Bertz CT molecular complexity index is 525. The van der Waals surface area contributed by atoms with Crippen LogP contribution in [0.15, 0.2) is 24.3 Å². The zero-order valence-corrected chi connectivity index (χ0v) is 9.53. The third kappa shape index (κ3) is 3.49. The summed E-state index contributed by atoms with van der Waals surface area (Å²) in [5.41, 5.74) is 9.60. The molecule has 0 saturated carbocycles. The highest BCUT2D eigenvalue weighted by Gasteiger charge is 2.24. The van der Waals surface area contributed by atoms with E-state index in [1.165, 1.54) is 12.1 Å². The van der Waals surface area contributed by atoms with E-state index in [4.69, 9.17) is 11.5 Å². The molecule has 0 atom stereocenters. The lowest BCUT2D eigenvalue weighted by atomic mass is 10.1. The van der Waals surface area contributed by atoms with Gasteiger partial charge in [0.05, 0.1) is 4.92 Å². The highest BCUT2D eigenvalue weighted by atomic mass is 16.6. The van der Waals surface area contributed by atoms with Crippen molar-refractivity contribution in [3.8, 4) is 0 Å². The van der Waals surface area contributed by atoms with E-state index in [1.54, 1.807) is 0 Å². The summed E-state index contributed by atoms with van der Waals surface area (Å²) in [5, 5.41) is 12.4. The van der Waals surface area contributed by atoms with Crippen LogP contribution in [0, 0.1) is 10.1 Å². The SMILES string of the molecule is NC(=O)C(NC(=O)c1ccc([N+](=O)[O-])cc1)C(N)=O. The van der Waals surface area contributed by atoms with Crippen LogP contribution in [0.5, 0.6) is 0 Å². The topological polar surface area (TPSA) is 158 Å². The van der Waals surface area contributed by atoms with Crippen molar-refractivity contribution in [3.63, 3.8) is 0 Å². The summed E-state index contributed by atoms with van der Waals surface area (Å²) < 4.78 is 0. The molecular weight excluding hydrogens is 256 g/mol. The van der Waals surface area contributed by atoms with Gasteiger partial charge in [-0.25, -0.2) is 0 Å². The number of hydrogen-bond acceptors (Lipinski definition) is 5. The first-order chi connectivity index (χ1) is 8.82. The third-order valence-electron chi connectivity index (χ3n) is 2.18. The fraction of sp³-hybridized carbons (Fsp3) is 0.100. The molecule has 0 heterocycles. The second-order valence-electron chi connectivity index (χ2n) is 3.52. The van der Waals surface area contributed by atoms with Gasteiger partial charge in [-0.2, -0.15) is 0 Å². The third-order valence-corrected chi connectivity index (χ3v) is 2.18. The number of hydrogen-bond donors (Lipinski definition) is 3. The molecule has 3 amide bonds. The number of amides is 3. The zero-order valence-electron chi connectivity index (χ0n) is 9.53. The van der Waals surface area contributed by atoms with Crippen molar-refractivity contribution in [3.05, 3.63) is 39.9 Å². The van der Waals surface area contributed by atoms with Gasteiger partial charge in [-0.15, -0.1) is 0 Å². The van der Waals surface area contributed by atoms with Gasteiger partial charge in [0.2, 0.25) is 11.8 Å². The molecule has 1 aromatic carbocycles. The van der Waals surface area contributed by atoms with E-state index in [0.29, 0.717) is 0 Å². The molecule has 0 unspecified atom stereocenters. The van der Waals surface area contributed by atoms with E-state index in [9.17, 15) is 24.5 Å². The Hall–Kier alpha value is -2.97. The Morgan fingerprint density at radius 2 is 1.58 bits per heavy atom. The quantitative estimate of drug-likeness (QED) is 0.341. The number of carbonyl (C=O) groups is 3. The van der Waals surface area contributed by atoms with Crippen molar-refractivity contribution in [2.24, 2.45) is 11.5 Å². The largest absolute Gasteiger partial charge is 0.367 e. The summed E-state index contributed by atoms with van der Waals surface area (Å²) in [7, 11) is 0. The Morgan fingerprint density at radius 1 is 1.11 bits per heavy atom. The molecule has 9 heteroatoms. The number of nitrogens with zero attached hydrogens (tertiary/aromatic N) is 1. The van der Waals surface area contributed by atoms with Crippen LogP contribution in [-0.4, -0.2) is 28.7 Å². The number of carbonyl (C=O) groups excluding carboxylic acids is 3. The lowest BCUT2D eigenvalue weighted by molar-refractivity contribution is -0.384. The number of primary amides is 2. The van der Waals surface area contributed by atoms with Crippen molar-refractivity contribution in [2.75, 3.05) is 0 Å². The minimum absolute atomic E-state index is 0.0260. The first-order valence-electron chi connectivity index (χ1n) is 4.97. The van der Waals surface area contributed by atoms with Gasteiger partial charge in [0.15, 0.2) is 6.04 Å². The van der Waals surface area contributed by atoms with Crippen molar-refractivity contribution in [1.29, 1.82) is 0 Å². The van der Waals surface area contributed by atoms with Crippen LogP contribution in [0.25, 0.3) is 0 Å². The molecule has 0 aliphatic rings. The highest BCUT2D eigenvalue weighted by Crippen LogP contribution is 2.11. The molecule has 1 aromatic rings. The van der Waals surface area contributed by atoms with Crippen molar-refractivity contribution in [1.82, 2.24) is 5.32 Å². The molecule has 100 valence electrons. The van der Waals surface area contributed by atoms with Gasteiger partial charge in [-0.3, -0.25) is 24.5 Å². The number of nitro groups is 1. The van der Waals surface area contributed by atoms with Crippen LogP contribution < -0.4 is 16.8 Å². The van der Waals surface area contributed by atoms with Crippen LogP contribution in [0.2, 0.25) is 0 Å². The molecule has 19 heavy (non-hydrogen) atoms. The molecule has 9 nitrogen and oxygen atoms in total. The van der Waals surface area contributed by atoms with E-state index >= 15 is 0 Å². The fourth-order valence-corrected chi connectivity index (χ4v) is 1.23. The maximum absolute atomic E-state index is 11.6. The molecule has 0 saturated heterocycles. The van der Waals surface area contributed by atoms with Crippen LogP contribution in [-0.2, 0) is 9.59 Å². The number of rotatable bonds is 5. The van der Waals surface area contributed by atoms with Crippen LogP contribution in [0.4, 0.5) is 5.69 Å². The second kappa shape index (κ2) is 5.58. The van der Waals surface area contributed by atoms with Gasteiger partial charge in [0, 0.05) is 17.7 Å². The van der Waals surface area contributed by atoms with E-state index < -0.39 is 28.7 Å². The Kier molecular flexibility index (Phi) is 4.14. The van der Waals surface area contributed by atoms with Gasteiger partial charge in [0.1, 0.15) is 0 Å². The average Bonchev–Trinajstić information content (AvgIpc) is 2.34. The number of nitro benzene ring substituents is 1. The minimum atomic E-state index is -1.64. The number of non-ortho nitro benzene ring substituents is 1. The first-order valence-corrected chi connectivity index (χ1v) is 4.97. The number of benzene rings is 1. The summed E-state index contributed by atoms with van der Waals surface area (Å²) in [4.78, 5) is 43.2. The molecule has 1 rings (SSSR count). The lowest BCUT2D eigenvalue weighted by Crippen LogP contribution is -2.52. The minimum Gasteiger partial charge on any atom is -0.367 e. The summed E-state index contributed by atoms with van der Waals surface area (Å²) in [6.45, 7) is 0. The summed E-state index contributed by atoms with van der Waals surface area (Å²) in [5.74, 6) is -2.98. The monoisotopic (exact) mass is 266 g/mol. The molecule has 0 aliphatic heterocycles. The molecule has 0 fully saturated rings. The molecule has 0 radical (unpaired) electrons. The normalized spacial score (nSPS) is 9.95. The molecule has 0 bridgehead atoms. The van der Waals surface area contributed by atoms with E-state index in [1.807, 2.05) is 5.32 Å². The summed E-state index contributed by atoms with van der Waals surface area (Å²) in [6.07, 6.45) is 0. The summed E-state index contributed by atoms with van der Waals surface area (Å²) in [6, 6.07) is 2.93. The van der Waals surface area contributed by atoms with Gasteiger partial charge in [-0.1, -0.05) is 0 Å². The van der Waals surface area contributed by atoms with E-state index in [0.717, 1.165) is 12.1 Å². The van der Waals surface area contributed by atoms with Gasteiger partial charge in [-0.05, 0) is 12.1 Å². The van der Waals surface area contributed by atoms with E-state index in [2.05, 4.69) is 0 Å². The van der Waals surface area contributed by atoms with Gasteiger partial charge in [0.25, 0.3) is 11.6 Å². The predicted molar refractivity (Wildman–Crippen MR) is 62.7 cm³/mol. The van der Waals surface area contributed by atoms with Gasteiger partial charge >= 0.3 is 0 Å². The van der Waals surface area contributed by atoms with E-state index in [-0.39, 0.29) is 11.3 Å². The van der Waals surface area contributed by atoms with Crippen molar-refractivity contribution >= 4 is 23.4 Å². The van der Waals surface area contributed by atoms with Crippen LogP contribution in [0.1, 0.15) is 10.4 Å². The average molecular weight is 266 g/mol. The second-order valence-corrected chi connectivity index (χ2v) is 3.52. The van der Waals surface area contributed by atoms with Crippen LogP contribution in [0.3, 0.4) is 0 Å². The predicted octanol–water partition coefficient (Wildman–Crippen LogP) is -1.34. The Morgan fingerprint density at radius 3 is 1.95 bits per heavy atom. The standard InChI is InChI=1S/C10H10N4O5/c11-8(15)7(9(12)16)13-10(17)5-1-3-6(4-2-5)14(18)19/h1-4,7H,(H2,11,15)(H2,12,16)(H,13,17). The Balaban J connectivity index is 2.86. The van der Waals surface area contributed by atoms with Crippen LogP contribution >= 0.6 is 0 Å². The first kappa shape index (κ1) is 14.1. The molecule has 0 spiro atoms. The summed E-state index contributed by atoms with van der Waals surface area (Å²) >= 11 is 0. The van der Waals surface area contributed by atoms with Crippen molar-refractivity contribution in [2.45, 2.75) is 6.04 Å². The molecular formula is C10H10N4O5. The number of nitrogens with one attached hydrogen (secondary N) is 1. The zero-order chi connectivity index (χ0) is 14.6. The highest BCUT2D eigenvalue weighted by molar-refractivity contribution is 6.08. The smallest absolute Gasteiger partial charge is 0.269 e. The fourth-order valence-electron chi connectivity index (χ4n) is 1.23. The molecule has 0 aromatic heterocycles.